The number of nitrogens with zero attached hydrogens (tertiary/aromatic N) is 2. The molecule has 0 saturated carbocycles. The van der Waals surface area contributed by atoms with Gasteiger partial charge in [-0.15, -0.1) is 25.2 Å². The molecule has 1 saturated heterocycles. The third-order valence-corrected chi connectivity index (χ3v) is 4.48. The van der Waals surface area contributed by atoms with Gasteiger partial charge < -0.3 is 10.6 Å². The van der Waals surface area contributed by atoms with E-state index in [1.807, 2.05) is 0 Å². The molecule has 1 fully saturated rings. The first kappa shape index (κ1) is 21.5. The summed E-state index contributed by atoms with van der Waals surface area (Å²) in [7, 11) is 9.63. The van der Waals surface area contributed by atoms with Crippen LogP contribution in [0.4, 0.5) is 0 Å². The van der Waals surface area contributed by atoms with E-state index in [2.05, 4.69) is 30.5 Å². The van der Waals surface area contributed by atoms with E-state index in [0.717, 1.165) is 19.0 Å². The molecular weight excluding hydrogens is 422 g/mol. The first-order valence-electron chi connectivity index (χ1n) is 8.82. The van der Waals surface area contributed by atoms with E-state index in [9.17, 15) is 0 Å². The number of allylic oxidation sites excluding steroid dienone is 3. The molecule has 2 nitrogen and oxygen atoms in total. The fraction of sp³-hybridized carbons (Fsp3) is 0.778. The van der Waals surface area contributed by atoms with E-state index < -0.39 is 0 Å². The minimum atomic E-state index is -0.106. The van der Waals surface area contributed by atoms with Crippen molar-refractivity contribution in [2.45, 2.75) is 70.8 Å². The Morgan fingerprint density at radius 2 is 2.13 bits per heavy atom. The summed E-state index contributed by atoms with van der Waals surface area (Å²) >= 11 is -0.106. The summed E-state index contributed by atoms with van der Waals surface area (Å²) in [6, 6.07) is 0.634. The summed E-state index contributed by atoms with van der Waals surface area (Å²) < 4.78 is 0. The summed E-state index contributed by atoms with van der Waals surface area (Å²) in [5.74, 6) is 0.787. The average molecular weight is 452 g/mol. The van der Waals surface area contributed by atoms with Crippen LogP contribution in [0.1, 0.15) is 64.7 Å². The second-order valence-electron chi connectivity index (χ2n) is 6.33. The van der Waals surface area contributed by atoms with Gasteiger partial charge in [-0.2, -0.15) is 5.70 Å². The zero-order valence-corrected chi connectivity index (χ0v) is 17.2. The Morgan fingerprint density at radius 3 is 2.74 bits per heavy atom. The number of hydrogen-bond donors (Lipinski definition) is 0. The van der Waals surface area contributed by atoms with E-state index in [1.54, 1.807) is 0 Å². The monoisotopic (exact) mass is 450 g/mol. The van der Waals surface area contributed by atoms with E-state index >= 15 is 0 Å². The van der Waals surface area contributed by atoms with E-state index in [-0.39, 0.29) is 15.9 Å². The quantitative estimate of drug-likeness (QED) is 0.278. The van der Waals surface area contributed by atoms with Gasteiger partial charge in [0.25, 0.3) is 0 Å². The molecule has 138 valence electrons. The Hall–Kier alpha value is 0.482. The van der Waals surface area contributed by atoms with Gasteiger partial charge in [-0.3, -0.25) is 0 Å². The Bertz CT molecular complexity index is 342. The summed E-state index contributed by atoms with van der Waals surface area (Å²) in [4.78, 5) is 0. The molecule has 0 spiro atoms. The molecule has 2 atom stereocenters. The van der Waals surface area contributed by atoms with Crippen molar-refractivity contribution >= 4 is 19.1 Å². The number of piperidine rings is 1. The molecule has 0 amide bonds. The molecule has 2 heterocycles. The fourth-order valence-corrected chi connectivity index (χ4v) is 3.31. The summed E-state index contributed by atoms with van der Waals surface area (Å²) in [6.07, 6.45) is 18.4. The van der Waals surface area contributed by atoms with Crippen LogP contribution >= 0.6 is 19.1 Å². The Balaban J connectivity index is 0.000000816. The third kappa shape index (κ3) is 10.9. The molecule has 0 aliphatic carbocycles. The van der Waals surface area contributed by atoms with Crippen LogP contribution in [-0.2, 0) is 15.9 Å². The second-order valence-corrected chi connectivity index (χ2v) is 8.69. The van der Waals surface area contributed by atoms with E-state index in [1.165, 1.54) is 63.5 Å². The number of unbranched alkanes of at least 4 members (excludes halogenated alkanes) is 2. The van der Waals surface area contributed by atoms with Gasteiger partial charge in [0.15, 0.2) is 0 Å². The van der Waals surface area contributed by atoms with Crippen LogP contribution in [-0.4, -0.2) is 19.1 Å². The fourth-order valence-electron chi connectivity index (χ4n) is 3.31. The maximum absolute atomic E-state index is 4.83. The molecule has 2 aliphatic rings. The summed E-state index contributed by atoms with van der Waals surface area (Å²) in [5, 5.41) is 9.46. The van der Waals surface area contributed by atoms with Crippen molar-refractivity contribution in [2.24, 2.45) is 5.92 Å². The first-order valence-corrected chi connectivity index (χ1v) is 12.8. The van der Waals surface area contributed by atoms with Gasteiger partial charge in [0.1, 0.15) is 0 Å². The zero-order valence-electron chi connectivity index (χ0n) is 14.1. The zero-order chi connectivity index (χ0) is 16.8. The Labute approximate surface area is 158 Å². The van der Waals surface area contributed by atoms with E-state index in [4.69, 9.17) is 24.4 Å². The molecule has 0 aromatic heterocycles. The molecule has 0 N–H and O–H groups in total. The van der Waals surface area contributed by atoms with Gasteiger partial charge in [-0.25, -0.2) is 0 Å². The normalized spacial score (nSPS) is 21.9. The number of halogens is 2. The van der Waals surface area contributed by atoms with Crippen LogP contribution in [0.2, 0.25) is 0 Å². The third-order valence-electron chi connectivity index (χ3n) is 4.48. The predicted molar refractivity (Wildman–Crippen MR) is 99.9 cm³/mol. The molecule has 2 unspecified atom stereocenters. The van der Waals surface area contributed by atoms with Crippen LogP contribution in [0.5, 0.6) is 0 Å². The van der Waals surface area contributed by atoms with Crippen molar-refractivity contribution in [3.63, 3.8) is 0 Å². The predicted octanol–water partition coefficient (Wildman–Crippen LogP) is 7.09. The Kier molecular flexibility index (Phi) is 13.8. The van der Waals surface area contributed by atoms with Crippen molar-refractivity contribution in [2.75, 3.05) is 13.1 Å². The van der Waals surface area contributed by atoms with Gasteiger partial charge in [0, 0.05) is 0 Å². The molecule has 5 heteroatoms. The van der Waals surface area contributed by atoms with Gasteiger partial charge >= 0.3 is 35.0 Å². The van der Waals surface area contributed by atoms with Crippen LogP contribution in [0.15, 0.2) is 23.9 Å². The molecular formula is C18H30Cl2N2Pd-2. The van der Waals surface area contributed by atoms with E-state index in [0.29, 0.717) is 6.04 Å². The Morgan fingerprint density at radius 1 is 1.30 bits per heavy atom. The van der Waals surface area contributed by atoms with Gasteiger partial charge in [-0.1, -0.05) is 70.4 Å². The van der Waals surface area contributed by atoms with Gasteiger partial charge in [0.2, 0.25) is 0 Å². The molecule has 2 aliphatic heterocycles. The van der Waals surface area contributed by atoms with Crippen LogP contribution in [0.25, 0.3) is 10.6 Å². The van der Waals surface area contributed by atoms with Crippen LogP contribution in [0.3, 0.4) is 0 Å². The van der Waals surface area contributed by atoms with Gasteiger partial charge in [-0.05, 0) is 12.3 Å². The molecule has 0 aromatic rings. The minimum absolute atomic E-state index is 0.106. The number of hydrogen-bond acceptors (Lipinski definition) is 0. The topological polar surface area (TPSA) is 28.2 Å². The molecule has 2 rings (SSSR count). The molecule has 23 heavy (non-hydrogen) atoms. The first-order chi connectivity index (χ1) is 11.3. The molecule has 0 radical (unpaired) electrons. The average Bonchev–Trinajstić information content (AvgIpc) is 2.58. The van der Waals surface area contributed by atoms with Crippen LogP contribution < -0.4 is 0 Å². The number of rotatable bonds is 8. The summed E-state index contributed by atoms with van der Waals surface area (Å²) in [6.45, 7) is 4.26. The standard InChI is InChI=1S/C18H30N2.2ClH.Pd/c1-2-3-4-9-16(14-17-10-5-7-12-19-17)15-18-11-6-8-13-20-18;;;/h5,7,10,16,18H,2-4,6,8-9,11-15H2,1H3;2*1H;/q-2;;;+2/p-2. The summed E-state index contributed by atoms with van der Waals surface area (Å²) in [5.41, 5.74) is 1.31. The SMILES string of the molecule is CCCCCC(CC1=CC=CC[N-]1)CC1CCCC[N-]1.[Cl][Pd][Cl]. The second kappa shape index (κ2) is 14.8. The van der Waals surface area contributed by atoms with Crippen molar-refractivity contribution in [1.29, 1.82) is 0 Å². The molecule has 0 aromatic carbocycles. The van der Waals surface area contributed by atoms with Gasteiger partial charge in [0.05, 0.1) is 0 Å². The van der Waals surface area contributed by atoms with Crippen molar-refractivity contribution < 1.29 is 15.9 Å². The van der Waals surface area contributed by atoms with Crippen molar-refractivity contribution in [3.05, 3.63) is 34.6 Å². The maximum atomic E-state index is 4.83. The van der Waals surface area contributed by atoms with Crippen molar-refractivity contribution in [1.82, 2.24) is 0 Å². The molecule has 0 bridgehead atoms. The van der Waals surface area contributed by atoms with Crippen molar-refractivity contribution in [3.8, 4) is 0 Å². The van der Waals surface area contributed by atoms with Crippen LogP contribution in [0, 0.1) is 5.92 Å².